The Balaban J connectivity index is 2.13. The molecule has 3 heteroatoms. The highest BCUT2D eigenvalue weighted by atomic mass is 79.9. The Hall–Kier alpha value is -1.74. The number of fused-ring (bicyclic) bond motifs is 1. The van der Waals surface area contributed by atoms with Crippen LogP contribution in [0.25, 0.3) is 22.2 Å². The van der Waals surface area contributed by atoms with Crippen LogP contribution < -0.4 is 0 Å². The number of aromatic nitrogens is 2. The van der Waals surface area contributed by atoms with E-state index in [1.165, 1.54) is 10.8 Å². The lowest BCUT2D eigenvalue weighted by Gasteiger charge is -2.03. The summed E-state index contributed by atoms with van der Waals surface area (Å²) >= 11 is 3.41. The molecular formula is C15H11BrN2. The second kappa shape index (κ2) is 4.86. The molecule has 3 aromatic rings. The topological polar surface area (TPSA) is 25.8 Å². The Morgan fingerprint density at radius 1 is 0.944 bits per heavy atom. The zero-order valence-electron chi connectivity index (χ0n) is 9.68. The van der Waals surface area contributed by atoms with Gasteiger partial charge >= 0.3 is 0 Å². The van der Waals surface area contributed by atoms with Gasteiger partial charge in [0.25, 0.3) is 0 Å². The summed E-state index contributed by atoms with van der Waals surface area (Å²) in [7, 11) is 0. The fourth-order valence-corrected chi connectivity index (χ4v) is 2.25. The van der Waals surface area contributed by atoms with E-state index in [2.05, 4.69) is 56.2 Å². The molecule has 0 aliphatic heterocycles. The van der Waals surface area contributed by atoms with Crippen LogP contribution in [0.5, 0.6) is 0 Å². The molecule has 88 valence electrons. The van der Waals surface area contributed by atoms with Gasteiger partial charge in [-0.1, -0.05) is 52.3 Å². The highest BCUT2D eigenvalue weighted by Crippen LogP contribution is 2.22. The normalized spacial score (nSPS) is 10.7. The Bertz CT molecular complexity index is 695. The Labute approximate surface area is 114 Å². The second-order valence-electron chi connectivity index (χ2n) is 4.07. The zero-order valence-corrected chi connectivity index (χ0v) is 11.3. The summed E-state index contributed by atoms with van der Waals surface area (Å²) in [6.45, 7) is 0. The number of nitrogens with zero attached hydrogens (tertiary/aromatic N) is 2. The molecule has 1 aromatic heterocycles. The van der Waals surface area contributed by atoms with Gasteiger partial charge in [-0.05, 0) is 22.9 Å². The maximum Gasteiger partial charge on any atom is 0.159 e. The van der Waals surface area contributed by atoms with Gasteiger partial charge in [0, 0.05) is 17.1 Å². The van der Waals surface area contributed by atoms with Crippen LogP contribution in [0.3, 0.4) is 0 Å². The van der Waals surface area contributed by atoms with Gasteiger partial charge in [-0.2, -0.15) is 0 Å². The third-order valence-corrected chi connectivity index (χ3v) is 3.43. The Kier molecular flexibility index (Phi) is 3.07. The largest absolute Gasteiger partial charge is 0.237 e. The van der Waals surface area contributed by atoms with E-state index >= 15 is 0 Å². The third-order valence-electron chi connectivity index (χ3n) is 2.86. The van der Waals surface area contributed by atoms with Crippen molar-refractivity contribution in [2.45, 2.75) is 5.33 Å². The molecule has 0 spiro atoms. The Morgan fingerprint density at radius 2 is 1.78 bits per heavy atom. The van der Waals surface area contributed by atoms with E-state index in [4.69, 9.17) is 0 Å². The van der Waals surface area contributed by atoms with Crippen LogP contribution in [-0.4, -0.2) is 9.97 Å². The first-order valence-electron chi connectivity index (χ1n) is 5.74. The average Bonchev–Trinajstić information content (AvgIpc) is 2.47. The van der Waals surface area contributed by atoms with Gasteiger partial charge in [0.05, 0.1) is 5.69 Å². The molecular weight excluding hydrogens is 288 g/mol. The molecule has 1 heterocycles. The minimum atomic E-state index is 0.746. The standard InChI is InChI=1S/C15H11BrN2/c16-10-14-7-8-17-15(18-14)13-6-5-11-3-1-2-4-12(11)9-13/h1-9H,10H2. The fourth-order valence-electron chi connectivity index (χ4n) is 1.94. The Morgan fingerprint density at radius 3 is 2.61 bits per heavy atom. The zero-order chi connectivity index (χ0) is 12.4. The van der Waals surface area contributed by atoms with Crippen molar-refractivity contribution < 1.29 is 0 Å². The fraction of sp³-hybridized carbons (Fsp3) is 0.0667. The van der Waals surface area contributed by atoms with E-state index in [1.54, 1.807) is 6.20 Å². The molecule has 0 aliphatic rings. The van der Waals surface area contributed by atoms with E-state index in [0.29, 0.717) is 0 Å². The second-order valence-corrected chi connectivity index (χ2v) is 4.63. The summed E-state index contributed by atoms with van der Waals surface area (Å²) in [6, 6.07) is 16.5. The van der Waals surface area contributed by atoms with Crippen LogP contribution in [0, 0.1) is 0 Å². The van der Waals surface area contributed by atoms with Crippen LogP contribution in [0.4, 0.5) is 0 Å². The van der Waals surface area contributed by atoms with Gasteiger partial charge < -0.3 is 0 Å². The number of benzene rings is 2. The number of rotatable bonds is 2. The highest BCUT2D eigenvalue weighted by Gasteiger charge is 2.03. The first-order chi connectivity index (χ1) is 8.86. The van der Waals surface area contributed by atoms with Gasteiger partial charge in [0.15, 0.2) is 5.82 Å². The van der Waals surface area contributed by atoms with Crippen LogP contribution in [0.15, 0.2) is 54.7 Å². The molecule has 0 bridgehead atoms. The minimum absolute atomic E-state index is 0.746. The van der Waals surface area contributed by atoms with E-state index < -0.39 is 0 Å². The van der Waals surface area contributed by atoms with E-state index in [-0.39, 0.29) is 0 Å². The summed E-state index contributed by atoms with van der Waals surface area (Å²) in [5, 5.41) is 3.19. The van der Waals surface area contributed by atoms with Crippen molar-refractivity contribution in [2.75, 3.05) is 0 Å². The quantitative estimate of drug-likeness (QED) is 0.663. The molecule has 0 saturated carbocycles. The van der Waals surface area contributed by atoms with Gasteiger partial charge in [0.2, 0.25) is 0 Å². The molecule has 0 radical (unpaired) electrons. The van der Waals surface area contributed by atoms with Crippen molar-refractivity contribution in [1.82, 2.24) is 9.97 Å². The van der Waals surface area contributed by atoms with Crippen molar-refractivity contribution in [3.8, 4) is 11.4 Å². The maximum atomic E-state index is 4.51. The minimum Gasteiger partial charge on any atom is -0.237 e. The summed E-state index contributed by atoms with van der Waals surface area (Å²) < 4.78 is 0. The lowest BCUT2D eigenvalue weighted by molar-refractivity contribution is 1.10. The molecule has 0 atom stereocenters. The first-order valence-corrected chi connectivity index (χ1v) is 6.86. The lowest BCUT2D eigenvalue weighted by Crippen LogP contribution is -1.92. The predicted octanol–water partition coefficient (Wildman–Crippen LogP) is 4.19. The molecule has 0 amide bonds. The van der Waals surface area contributed by atoms with Crippen molar-refractivity contribution in [3.63, 3.8) is 0 Å². The molecule has 0 unspecified atom stereocenters. The smallest absolute Gasteiger partial charge is 0.159 e. The number of halogens is 1. The summed E-state index contributed by atoms with van der Waals surface area (Å²) in [5.41, 5.74) is 2.05. The summed E-state index contributed by atoms with van der Waals surface area (Å²) in [5.74, 6) is 0.776. The summed E-state index contributed by atoms with van der Waals surface area (Å²) in [6.07, 6.45) is 1.80. The van der Waals surface area contributed by atoms with Crippen molar-refractivity contribution in [3.05, 3.63) is 60.4 Å². The molecule has 0 N–H and O–H groups in total. The molecule has 0 aliphatic carbocycles. The first kappa shape index (κ1) is 11.4. The monoisotopic (exact) mass is 298 g/mol. The molecule has 0 fully saturated rings. The van der Waals surface area contributed by atoms with Crippen molar-refractivity contribution >= 4 is 26.7 Å². The van der Waals surface area contributed by atoms with E-state index in [0.717, 1.165) is 22.4 Å². The SMILES string of the molecule is BrCc1ccnc(-c2ccc3ccccc3c2)n1. The van der Waals surface area contributed by atoms with Gasteiger partial charge in [-0.25, -0.2) is 9.97 Å². The summed E-state index contributed by atoms with van der Waals surface area (Å²) in [4.78, 5) is 8.84. The maximum absolute atomic E-state index is 4.51. The molecule has 2 nitrogen and oxygen atoms in total. The van der Waals surface area contributed by atoms with Crippen molar-refractivity contribution in [1.29, 1.82) is 0 Å². The van der Waals surface area contributed by atoms with Crippen LogP contribution in [0.1, 0.15) is 5.69 Å². The van der Waals surface area contributed by atoms with E-state index in [1.807, 2.05) is 18.2 Å². The van der Waals surface area contributed by atoms with Gasteiger partial charge in [-0.15, -0.1) is 0 Å². The van der Waals surface area contributed by atoms with Crippen LogP contribution in [-0.2, 0) is 5.33 Å². The lowest BCUT2D eigenvalue weighted by atomic mass is 10.1. The highest BCUT2D eigenvalue weighted by molar-refractivity contribution is 9.08. The number of alkyl halides is 1. The van der Waals surface area contributed by atoms with Gasteiger partial charge in [-0.3, -0.25) is 0 Å². The molecule has 0 saturated heterocycles. The van der Waals surface area contributed by atoms with E-state index in [9.17, 15) is 0 Å². The van der Waals surface area contributed by atoms with Crippen LogP contribution >= 0.6 is 15.9 Å². The van der Waals surface area contributed by atoms with Gasteiger partial charge in [0.1, 0.15) is 0 Å². The number of hydrogen-bond donors (Lipinski definition) is 0. The average molecular weight is 299 g/mol. The third kappa shape index (κ3) is 2.14. The number of hydrogen-bond acceptors (Lipinski definition) is 2. The van der Waals surface area contributed by atoms with Crippen molar-refractivity contribution in [2.24, 2.45) is 0 Å². The molecule has 18 heavy (non-hydrogen) atoms. The molecule has 2 aromatic carbocycles. The van der Waals surface area contributed by atoms with Crippen LogP contribution in [0.2, 0.25) is 0 Å². The molecule has 3 rings (SSSR count). The predicted molar refractivity (Wildman–Crippen MR) is 77.6 cm³/mol.